The van der Waals surface area contributed by atoms with Crippen LogP contribution in [0.1, 0.15) is 17.5 Å². The Morgan fingerprint density at radius 3 is 2.65 bits per heavy atom. The molecule has 0 aliphatic rings. The molecule has 0 spiro atoms. The number of carboxylic acids is 1. The van der Waals surface area contributed by atoms with Gasteiger partial charge in [-0.15, -0.1) is 0 Å². The first-order valence-corrected chi connectivity index (χ1v) is 7.59. The maximum atomic E-state index is 10.9. The molecular weight excluding hydrogens is 290 g/mol. The van der Waals surface area contributed by atoms with Gasteiger partial charge in [-0.2, -0.15) is 0 Å². The van der Waals surface area contributed by atoms with Crippen LogP contribution in [-0.2, 0) is 17.8 Å². The lowest BCUT2D eigenvalue weighted by molar-refractivity contribution is -0.136. The summed E-state index contributed by atoms with van der Waals surface area (Å²) in [5.74, 6) is 0.00314. The Kier molecular flexibility index (Phi) is 4.33. The molecule has 2 aromatic carbocycles. The minimum Gasteiger partial charge on any atom is -0.497 e. The van der Waals surface area contributed by atoms with E-state index < -0.39 is 5.97 Å². The van der Waals surface area contributed by atoms with Crippen LogP contribution >= 0.6 is 0 Å². The molecule has 0 amide bonds. The third-order valence-electron chi connectivity index (χ3n) is 3.97. The molecule has 1 heterocycles. The smallest absolute Gasteiger partial charge is 0.303 e. The fourth-order valence-corrected chi connectivity index (χ4v) is 2.83. The van der Waals surface area contributed by atoms with Gasteiger partial charge in [-0.25, -0.2) is 0 Å². The van der Waals surface area contributed by atoms with E-state index in [9.17, 15) is 4.79 Å². The van der Waals surface area contributed by atoms with E-state index in [4.69, 9.17) is 9.84 Å². The number of hydrogen-bond acceptors (Lipinski definition) is 2. The molecule has 0 fully saturated rings. The molecular formula is C19H19NO3. The van der Waals surface area contributed by atoms with E-state index in [0.29, 0.717) is 6.42 Å². The fourth-order valence-electron chi connectivity index (χ4n) is 2.83. The fraction of sp³-hybridized carbons (Fsp3) is 0.211. The average Bonchev–Trinajstić information content (AvgIpc) is 2.91. The molecule has 0 unspecified atom stereocenters. The summed E-state index contributed by atoms with van der Waals surface area (Å²) < 4.78 is 7.47. The molecule has 1 aromatic heterocycles. The number of fused-ring (bicyclic) bond motifs is 1. The zero-order valence-electron chi connectivity index (χ0n) is 13.0. The van der Waals surface area contributed by atoms with Crippen LogP contribution in [0.25, 0.3) is 10.9 Å². The number of hydrogen-bond donors (Lipinski definition) is 1. The van der Waals surface area contributed by atoms with Crippen molar-refractivity contribution < 1.29 is 14.6 Å². The summed E-state index contributed by atoms with van der Waals surface area (Å²) in [6, 6.07) is 16.2. The Bertz CT molecular complexity index is 821. The third-order valence-corrected chi connectivity index (χ3v) is 3.97. The van der Waals surface area contributed by atoms with Crippen LogP contribution in [0.4, 0.5) is 0 Å². The maximum Gasteiger partial charge on any atom is 0.303 e. The van der Waals surface area contributed by atoms with Gasteiger partial charge in [0.05, 0.1) is 7.11 Å². The number of methoxy groups -OCH3 is 1. The number of rotatable bonds is 6. The SMILES string of the molecule is COc1ccc2c(c1)c(CCC(=O)O)cn2Cc1ccccc1. The molecule has 0 aliphatic heterocycles. The summed E-state index contributed by atoms with van der Waals surface area (Å²) in [4.78, 5) is 10.9. The van der Waals surface area contributed by atoms with Gasteiger partial charge in [0.2, 0.25) is 0 Å². The van der Waals surface area contributed by atoms with Crippen LogP contribution in [-0.4, -0.2) is 22.8 Å². The van der Waals surface area contributed by atoms with Gasteiger partial charge < -0.3 is 14.4 Å². The van der Waals surface area contributed by atoms with E-state index in [0.717, 1.165) is 28.8 Å². The van der Waals surface area contributed by atoms with Gasteiger partial charge in [0.15, 0.2) is 0 Å². The summed E-state index contributed by atoms with van der Waals surface area (Å²) in [6.07, 6.45) is 2.70. The molecule has 1 N–H and O–H groups in total. The van der Waals surface area contributed by atoms with Crippen LogP contribution in [0, 0.1) is 0 Å². The van der Waals surface area contributed by atoms with Gasteiger partial charge in [-0.3, -0.25) is 4.79 Å². The molecule has 0 aliphatic carbocycles. The van der Waals surface area contributed by atoms with E-state index >= 15 is 0 Å². The molecule has 4 nitrogen and oxygen atoms in total. The number of carboxylic acid groups (broad SMARTS) is 1. The van der Waals surface area contributed by atoms with E-state index in [1.807, 2.05) is 36.4 Å². The summed E-state index contributed by atoms with van der Waals surface area (Å²) in [5.41, 5.74) is 3.34. The molecule has 0 saturated carbocycles. The molecule has 23 heavy (non-hydrogen) atoms. The van der Waals surface area contributed by atoms with Crippen LogP contribution in [0.2, 0.25) is 0 Å². The second-order valence-electron chi connectivity index (χ2n) is 5.54. The van der Waals surface area contributed by atoms with Crippen molar-refractivity contribution >= 4 is 16.9 Å². The highest BCUT2D eigenvalue weighted by molar-refractivity contribution is 5.86. The third kappa shape index (κ3) is 3.37. The van der Waals surface area contributed by atoms with E-state index in [1.165, 1.54) is 5.56 Å². The second-order valence-corrected chi connectivity index (χ2v) is 5.54. The summed E-state index contributed by atoms with van der Waals surface area (Å²) in [6.45, 7) is 0.761. The summed E-state index contributed by atoms with van der Waals surface area (Å²) in [7, 11) is 1.64. The van der Waals surface area contributed by atoms with Gasteiger partial charge in [0.25, 0.3) is 0 Å². The van der Waals surface area contributed by atoms with Crippen LogP contribution < -0.4 is 4.74 Å². The zero-order chi connectivity index (χ0) is 16.2. The lowest BCUT2D eigenvalue weighted by Gasteiger charge is -2.06. The Labute approximate surface area is 134 Å². The number of nitrogens with zero attached hydrogens (tertiary/aromatic N) is 1. The highest BCUT2D eigenvalue weighted by Crippen LogP contribution is 2.27. The Balaban J connectivity index is 2.01. The van der Waals surface area contributed by atoms with Crippen LogP contribution in [0.3, 0.4) is 0 Å². The number of aliphatic carboxylic acids is 1. The number of ether oxygens (including phenoxy) is 1. The van der Waals surface area contributed by atoms with E-state index in [2.05, 4.69) is 22.9 Å². The molecule has 3 rings (SSSR count). The van der Waals surface area contributed by atoms with Crippen molar-refractivity contribution in [3.8, 4) is 5.75 Å². The lowest BCUT2D eigenvalue weighted by Crippen LogP contribution is -1.98. The summed E-state index contributed by atoms with van der Waals surface area (Å²) in [5, 5.41) is 10.0. The summed E-state index contributed by atoms with van der Waals surface area (Å²) >= 11 is 0. The van der Waals surface area contributed by atoms with Gasteiger partial charge in [-0.1, -0.05) is 30.3 Å². The molecule has 0 atom stereocenters. The van der Waals surface area contributed by atoms with E-state index in [1.54, 1.807) is 7.11 Å². The Morgan fingerprint density at radius 2 is 1.96 bits per heavy atom. The number of aromatic nitrogens is 1. The predicted molar refractivity (Wildman–Crippen MR) is 90.0 cm³/mol. The minimum absolute atomic E-state index is 0.127. The zero-order valence-corrected chi connectivity index (χ0v) is 13.0. The van der Waals surface area contributed by atoms with Crippen molar-refractivity contribution in [1.29, 1.82) is 0 Å². The van der Waals surface area contributed by atoms with Crippen molar-refractivity contribution in [3.63, 3.8) is 0 Å². The topological polar surface area (TPSA) is 51.5 Å². The van der Waals surface area contributed by atoms with Gasteiger partial charge in [-0.05, 0) is 35.7 Å². The molecule has 4 heteroatoms. The minimum atomic E-state index is -0.781. The standard InChI is InChI=1S/C19H19NO3/c1-23-16-8-9-18-17(11-16)15(7-10-19(21)22)13-20(18)12-14-5-3-2-4-6-14/h2-6,8-9,11,13H,7,10,12H2,1H3,(H,21,22). The second kappa shape index (κ2) is 6.57. The van der Waals surface area contributed by atoms with Crippen LogP contribution in [0.5, 0.6) is 5.75 Å². The first kappa shape index (κ1) is 15.2. The molecule has 0 saturated heterocycles. The average molecular weight is 309 g/mol. The van der Waals surface area contributed by atoms with Crippen LogP contribution in [0.15, 0.2) is 54.7 Å². The number of aryl methyl sites for hydroxylation is 1. The van der Waals surface area contributed by atoms with E-state index in [-0.39, 0.29) is 6.42 Å². The highest BCUT2D eigenvalue weighted by atomic mass is 16.5. The maximum absolute atomic E-state index is 10.9. The van der Waals surface area contributed by atoms with Crippen molar-refractivity contribution in [2.75, 3.05) is 7.11 Å². The van der Waals surface area contributed by atoms with Crippen molar-refractivity contribution in [2.45, 2.75) is 19.4 Å². The molecule has 0 bridgehead atoms. The van der Waals surface area contributed by atoms with Crippen molar-refractivity contribution in [2.24, 2.45) is 0 Å². The highest BCUT2D eigenvalue weighted by Gasteiger charge is 2.11. The van der Waals surface area contributed by atoms with Gasteiger partial charge in [0.1, 0.15) is 5.75 Å². The Morgan fingerprint density at radius 1 is 1.17 bits per heavy atom. The number of carbonyl (C=O) groups is 1. The molecule has 3 aromatic rings. The molecule has 0 radical (unpaired) electrons. The largest absolute Gasteiger partial charge is 0.497 e. The lowest BCUT2D eigenvalue weighted by atomic mass is 10.1. The normalized spacial score (nSPS) is 10.8. The van der Waals surface area contributed by atoms with Gasteiger partial charge in [0, 0.05) is 30.1 Å². The Hall–Kier alpha value is -2.75. The number of benzene rings is 2. The van der Waals surface area contributed by atoms with Crippen molar-refractivity contribution in [1.82, 2.24) is 4.57 Å². The monoisotopic (exact) mass is 309 g/mol. The molecule has 118 valence electrons. The van der Waals surface area contributed by atoms with Gasteiger partial charge >= 0.3 is 5.97 Å². The quantitative estimate of drug-likeness (QED) is 0.755. The van der Waals surface area contributed by atoms with Crippen molar-refractivity contribution in [3.05, 3.63) is 65.9 Å². The first-order valence-electron chi connectivity index (χ1n) is 7.59. The predicted octanol–water partition coefficient (Wildman–Crippen LogP) is 3.72. The first-order chi connectivity index (χ1) is 11.2.